The average molecular weight is 182 g/mol. The van der Waals surface area contributed by atoms with Crippen LogP contribution < -0.4 is 0 Å². The zero-order chi connectivity index (χ0) is 9.54. The molecule has 1 aromatic carbocycles. The highest BCUT2D eigenvalue weighted by atomic mass is 15.0. The molecular formula is C12H10N2. The fourth-order valence-corrected chi connectivity index (χ4v) is 2.06. The van der Waals surface area contributed by atoms with Crippen LogP contribution in [0.1, 0.15) is 17.0 Å². The van der Waals surface area contributed by atoms with Crippen molar-refractivity contribution in [3.05, 3.63) is 41.5 Å². The van der Waals surface area contributed by atoms with Crippen LogP contribution in [0.5, 0.6) is 0 Å². The lowest BCUT2D eigenvalue weighted by Crippen LogP contribution is -2.07. The van der Waals surface area contributed by atoms with E-state index >= 15 is 0 Å². The van der Waals surface area contributed by atoms with Crippen molar-refractivity contribution in [2.75, 3.05) is 0 Å². The molecule has 1 unspecified atom stereocenters. The first-order valence-corrected chi connectivity index (χ1v) is 4.75. The Hall–Kier alpha value is -1.70. The minimum absolute atomic E-state index is 0.288. The molecule has 1 aromatic rings. The zero-order valence-electron chi connectivity index (χ0n) is 7.94. The number of rotatable bonds is 0. The van der Waals surface area contributed by atoms with E-state index in [0.29, 0.717) is 0 Å². The first kappa shape index (κ1) is 7.68. The van der Waals surface area contributed by atoms with Gasteiger partial charge in [0.05, 0.1) is 11.6 Å². The maximum Gasteiger partial charge on any atom is 0.140 e. The van der Waals surface area contributed by atoms with Crippen molar-refractivity contribution in [1.82, 2.24) is 0 Å². The number of amidine groups is 1. The monoisotopic (exact) mass is 182 g/mol. The number of allylic oxidation sites excluding steroid dienone is 1. The van der Waals surface area contributed by atoms with E-state index in [1.807, 2.05) is 12.1 Å². The van der Waals surface area contributed by atoms with E-state index in [9.17, 15) is 0 Å². The molecule has 0 N–H and O–H groups in total. The fraction of sp³-hybridized carbons (Fsp3) is 0.167. The van der Waals surface area contributed by atoms with Crippen molar-refractivity contribution in [2.24, 2.45) is 9.98 Å². The van der Waals surface area contributed by atoms with Crippen LogP contribution >= 0.6 is 0 Å². The molecule has 3 rings (SSSR count). The molecule has 0 saturated carbocycles. The fourth-order valence-electron chi connectivity index (χ4n) is 2.06. The number of hydrogen-bond donors (Lipinski definition) is 0. The average Bonchev–Trinajstić information content (AvgIpc) is 2.57. The number of hydrogen-bond acceptors (Lipinski definition) is 2. The Kier molecular flexibility index (Phi) is 1.45. The van der Waals surface area contributed by atoms with Crippen molar-refractivity contribution in [2.45, 2.75) is 12.8 Å². The number of nitrogens with zero attached hydrogens (tertiary/aromatic N) is 2. The third-order valence-electron chi connectivity index (χ3n) is 2.72. The van der Waals surface area contributed by atoms with Gasteiger partial charge in [-0.25, -0.2) is 9.98 Å². The molecule has 2 heterocycles. The van der Waals surface area contributed by atoms with Gasteiger partial charge in [-0.3, -0.25) is 0 Å². The van der Waals surface area contributed by atoms with Crippen LogP contribution in [0.15, 0.2) is 40.3 Å². The number of aryl methyl sites for hydroxylation is 1. The Labute approximate surface area is 82.7 Å². The second-order valence-electron chi connectivity index (χ2n) is 3.62. The summed E-state index contributed by atoms with van der Waals surface area (Å²) in [4.78, 5) is 8.79. The standard InChI is InChI=1S/C12H10N2/c1-8-4-2-6-10-11(8)9-5-3-7-13-12(9)14-10/h2-7,9H,1H3. The predicted molar refractivity (Wildman–Crippen MR) is 58.6 cm³/mol. The van der Waals surface area contributed by atoms with Crippen LogP contribution in [-0.4, -0.2) is 12.1 Å². The van der Waals surface area contributed by atoms with E-state index in [1.165, 1.54) is 11.1 Å². The van der Waals surface area contributed by atoms with Crippen LogP contribution in [-0.2, 0) is 0 Å². The molecule has 0 saturated heterocycles. The summed E-state index contributed by atoms with van der Waals surface area (Å²) in [6.45, 7) is 2.13. The van der Waals surface area contributed by atoms with Gasteiger partial charge in [-0.15, -0.1) is 0 Å². The first-order valence-electron chi connectivity index (χ1n) is 4.75. The van der Waals surface area contributed by atoms with Gasteiger partial charge in [0.1, 0.15) is 5.84 Å². The molecule has 2 heteroatoms. The highest BCUT2D eigenvalue weighted by Gasteiger charge is 2.26. The summed E-state index contributed by atoms with van der Waals surface area (Å²) in [6, 6.07) is 6.23. The van der Waals surface area contributed by atoms with Crippen molar-refractivity contribution >= 4 is 17.7 Å². The van der Waals surface area contributed by atoms with Crippen LogP contribution in [0, 0.1) is 6.92 Å². The smallest absolute Gasteiger partial charge is 0.140 e. The second-order valence-corrected chi connectivity index (χ2v) is 3.62. The van der Waals surface area contributed by atoms with E-state index in [4.69, 9.17) is 0 Å². The molecule has 2 nitrogen and oxygen atoms in total. The van der Waals surface area contributed by atoms with Gasteiger partial charge in [-0.2, -0.15) is 0 Å². The molecule has 0 aromatic heterocycles. The largest absolute Gasteiger partial charge is 0.240 e. The Bertz CT molecular complexity index is 481. The minimum atomic E-state index is 0.288. The highest BCUT2D eigenvalue weighted by molar-refractivity contribution is 6.05. The van der Waals surface area contributed by atoms with Gasteiger partial charge in [-0.1, -0.05) is 18.2 Å². The summed E-state index contributed by atoms with van der Waals surface area (Å²) in [5.74, 6) is 1.22. The quantitative estimate of drug-likeness (QED) is 0.589. The molecule has 14 heavy (non-hydrogen) atoms. The second kappa shape index (κ2) is 2.64. The van der Waals surface area contributed by atoms with E-state index in [0.717, 1.165) is 11.5 Å². The van der Waals surface area contributed by atoms with Gasteiger partial charge in [0, 0.05) is 6.21 Å². The maximum atomic E-state index is 4.50. The van der Waals surface area contributed by atoms with Gasteiger partial charge in [-0.05, 0) is 30.2 Å². The molecule has 68 valence electrons. The Morgan fingerprint density at radius 2 is 2.21 bits per heavy atom. The van der Waals surface area contributed by atoms with Crippen molar-refractivity contribution in [3.8, 4) is 0 Å². The molecule has 2 aliphatic rings. The van der Waals surface area contributed by atoms with Crippen LogP contribution in [0.3, 0.4) is 0 Å². The highest BCUT2D eigenvalue weighted by Crippen LogP contribution is 2.39. The van der Waals surface area contributed by atoms with Crippen LogP contribution in [0.25, 0.3) is 0 Å². The van der Waals surface area contributed by atoms with Gasteiger partial charge in [0.15, 0.2) is 0 Å². The van der Waals surface area contributed by atoms with Crippen molar-refractivity contribution < 1.29 is 0 Å². The predicted octanol–water partition coefficient (Wildman–Crippen LogP) is 2.76. The number of aliphatic imine (C=N–C) groups is 2. The third kappa shape index (κ3) is 0.909. The minimum Gasteiger partial charge on any atom is -0.240 e. The summed E-state index contributed by atoms with van der Waals surface area (Å²) in [5, 5.41) is 0. The van der Waals surface area contributed by atoms with E-state index in [1.54, 1.807) is 6.21 Å². The maximum absolute atomic E-state index is 4.50. The topological polar surface area (TPSA) is 24.7 Å². The molecule has 0 spiro atoms. The molecule has 0 aliphatic carbocycles. The molecule has 0 fully saturated rings. The molecule has 2 aliphatic heterocycles. The number of fused-ring (bicyclic) bond motifs is 3. The lowest BCUT2D eigenvalue weighted by molar-refractivity contribution is 1.13. The SMILES string of the molecule is Cc1cccc2c1C1C=CC=NC1=N2. The molecule has 0 amide bonds. The van der Waals surface area contributed by atoms with Crippen molar-refractivity contribution in [1.29, 1.82) is 0 Å². The summed E-state index contributed by atoms with van der Waals surface area (Å²) >= 11 is 0. The Morgan fingerprint density at radius 1 is 1.29 bits per heavy atom. The summed E-state index contributed by atoms with van der Waals surface area (Å²) < 4.78 is 0. The third-order valence-corrected chi connectivity index (χ3v) is 2.72. The molecule has 0 radical (unpaired) electrons. The van der Waals surface area contributed by atoms with Crippen molar-refractivity contribution in [3.63, 3.8) is 0 Å². The van der Waals surface area contributed by atoms with Gasteiger partial charge >= 0.3 is 0 Å². The van der Waals surface area contributed by atoms with Crippen LogP contribution in [0.4, 0.5) is 5.69 Å². The molecule has 0 bridgehead atoms. The zero-order valence-corrected chi connectivity index (χ0v) is 7.94. The molecular weight excluding hydrogens is 172 g/mol. The summed E-state index contributed by atoms with van der Waals surface area (Å²) in [6.07, 6.45) is 5.95. The first-order chi connectivity index (χ1) is 6.86. The van der Waals surface area contributed by atoms with E-state index in [2.05, 4.69) is 35.1 Å². The van der Waals surface area contributed by atoms with Gasteiger partial charge in [0.2, 0.25) is 0 Å². The number of benzene rings is 1. The molecule has 1 atom stereocenters. The van der Waals surface area contributed by atoms with Crippen LogP contribution in [0.2, 0.25) is 0 Å². The lowest BCUT2D eigenvalue weighted by atomic mass is 9.94. The summed E-state index contributed by atoms with van der Waals surface area (Å²) in [7, 11) is 0. The normalized spacial score (nSPS) is 21.8. The van der Waals surface area contributed by atoms with E-state index < -0.39 is 0 Å². The Balaban J connectivity index is 2.24. The van der Waals surface area contributed by atoms with E-state index in [-0.39, 0.29) is 5.92 Å². The summed E-state index contributed by atoms with van der Waals surface area (Å²) in [5.41, 5.74) is 3.69. The lowest BCUT2D eigenvalue weighted by Gasteiger charge is -2.11. The van der Waals surface area contributed by atoms with Gasteiger partial charge < -0.3 is 0 Å². The van der Waals surface area contributed by atoms with Gasteiger partial charge in [0.25, 0.3) is 0 Å². The Morgan fingerprint density at radius 3 is 3.14 bits per heavy atom. The number of dihydropyridines is 1.